The molecular weight excluding hydrogens is 530 g/mol. The molecule has 9 nitrogen and oxygen atoms in total. The van der Waals surface area contributed by atoms with Crippen LogP contribution in [0.5, 0.6) is 11.5 Å². The zero-order chi connectivity index (χ0) is 28.1. The maximum Gasteiger partial charge on any atom is 0.338 e. The van der Waals surface area contributed by atoms with Crippen molar-refractivity contribution in [3.05, 3.63) is 76.3 Å². The summed E-state index contributed by atoms with van der Waals surface area (Å²) in [6.45, 7) is 3.20. The highest BCUT2D eigenvalue weighted by molar-refractivity contribution is 8.16. The van der Waals surface area contributed by atoms with Crippen molar-refractivity contribution in [3.8, 4) is 11.5 Å². The number of methoxy groups -OCH3 is 2. The van der Waals surface area contributed by atoms with Crippen LogP contribution in [0.2, 0.25) is 0 Å². The van der Waals surface area contributed by atoms with Crippen molar-refractivity contribution < 1.29 is 28.5 Å². The van der Waals surface area contributed by atoms with Gasteiger partial charge in [0.15, 0.2) is 16.7 Å². The van der Waals surface area contributed by atoms with Gasteiger partial charge in [0.05, 0.1) is 50.7 Å². The quantitative estimate of drug-likeness (QED) is 0.417. The topological polar surface area (TPSA) is 98.7 Å². The minimum atomic E-state index is -0.617. The number of carbonyl (C=O) groups excluding carboxylic acids is 2. The van der Waals surface area contributed by atoms with E-state index in [2.05, 4.69) is 5.32 Å². The molecule has 1 N–H and O–H groups in total. The number of fused-ring (bicyclic) bond motifs is 1. The second kappa shape index (κ2) is 12.6. The van der Waals surface area contributed by atoms with Crippen molar-refractivity contribution in [1.82, 2.24) is 10.2 Å². The van der Waals surface area contributed by atoms with E-state index >= 15 is 0 Å². The number of rotatable bonds is 10. The Kier molecular flexibility index (Phi) is 8.76. The summed E-state index contributed by atoms with van der Waals surface area (Å²) < 4.78 is 22.3. The van der Waals surface area contributed by atoms with Gasteiger partial charge in [0.1, 0.15) is 0 Å². The second-order valence-electron chi connectivity index (χ2n) is 9.47. The van der Waals surface area contributed by atoms with Crippen LogP contribution in [0.15, 0.2) is 70.2 Å². The van der Waals surface area contributed by atoms with Crippen molar-refractivity contribution in [2.45, 2.75) is 38.3 Å². The highest BCUT2D eigenvalue weighted by atomic mass is 32.2. The molecule has 0 radical (unpaired) electrons. The molecule has 1 fully saturated rings. The van der Waals surface area contributed by atoms with Crippen LogP contribution < -0.4 is 14.8 Å². The molecule has 2 aromatic carbocycles. The fourth-order valence-electron chi connectivity index (χ4n) is 5.09. The Labute approximate surface area is 238 Å². The molecule has 1 amide bonds. The van der Waals surface area contributed by atoms with Gasteiger partial charge in [0.25, 0.3) is 0 Å². The Morgan fingerprint density at radius 2 is 1.93 bits per heavy atom. The molecule has 0 aromatic heterocycles. The molecular formula is C30H33N3O6S. The molecule has 3 aliphatic heterocycles. The number of amidine groups is 1. The van der Waals surface area contributed by atoms with Gasteiger partial charge in [-0.15, -0.1) is 0 Å². The van der Waals surface area contributed by atoms with E-state index < -0.39 is 12.0 Å². The lowest BCUT2D eigenvalue weighted by Crippen LogP contribution is -2.39. The lowest BCUT2D eigenvalue weighted by atomic mass is 9.91. The predicted molar refractivity (Wildman–Crippen MR) is 154 cm³/mol. The molecule has 0 spiro atoms. The minimum absolute atomic E-state index is 0.0503. The van der Waals surface area contributed by atoms with Gasteiger partial charge >= 0.3 is 5.97 Å². The molecule has 10 heteroatoms. The van der Waals surface area contributed by atoms with Crippen molar-refractivity contribution in [2.24, 2.45) is 4.99 Å². The van der Waals surface area contributed by atoms with Crippen molar-refractivity contribution in [1.29, 1.82) is 0 Å². The van der Waals surface area contributed by atoms with Crippen LogP contribution in [0.25, 0.3) is 5.70 Å². The molecule has 210 valence electrons. The average molecular weight is 564 g/mol. The number of nitrogens with one attached hydrogen (secondary N) is 1. The summed E-state index contributed by atoms with van der Waals surface area (Å²) in [6.07, 6.45) is 2.13. The first-order valence-corrected chi connectivity index (χ1v) is 14.2. The summed E-state index contributed by atoms with van der Waals surface area (Å²) in [5.41, 5.74) is 3.23. The maximum absolute atomic E-state index is 13.7. The van der Waals surface area contributed by atoms with Crippen LogP contribution in [0.1, 0.15) is 43.4 Å². The molecule has 5 rings (SSSR count). The Morgan fingerprint density at radius 3 is 2.62 bits per heavy atom. The number of hydrogen-bond donors (Lipinski definition) is 1. The number of ether oxygens (including phenoxy) is 4. The molecule has 3 aliphatic rings. The normalized spacial score (nSPS) is 20.0. The van der Waals surface area contributed by atoms with Gasteiger partial charge in [-0.05, 0) is 42.9 Å². The van der Waals surface area contributed by atoms with Gasteiger partial charge in [-0.1, -0.05) is 48.2 Å². The zero-order valence-electron chi connectivity index (χ0n) is 22.8. The van der Waals surface area contributed by atoms with Crippen LogP contribution in [-0.4, -0.2) is 62.0 Å². The van der Waals surface area contributed by atoms with Gasteiger partial charge < -0.3 is 29.2 Å². The van der Waals surface area contributed by atoms with Crippen LogP contribution in [0, 0.1) is 0 Å². The third kappa shape index (κ3) is 5.73. The summed E-state index contributed by atoms with van der Waals surface area (Å²) >= 11 is 1.43. The molecule has 1 saturated heterocycles. The van der Waals surface area contributed by atoms with Crippen LogP contribution in [-0.2, 0) is 19.1 Å². The number of esters is 1. The SMILES string of the molecule is CCOC(=O)C1=C(c2ccccc2)N=C2SC=C(CC(=O)NC[C@H]3CCCO3)N2[C@H]1c1ccc(OC)c(OC)c1. The summed E-state index contributed by atoms with van der Waals surface area (Å²) in [5, 5.41) is 5.60. The number of carbonyl (C=O) groups is 2. The van der Waals surface area contributed by atoms with Gasteiger partial charge in [0.2, 0.25) is 5.91 Å². The lowest BCUT2D eigenvalue weighted by Gasteiger charge is -2.37. The molecule has 2 aromatic rings. The number of amides is 1. The van der Waals surface area contributed by atoms with E-state index in [9.17, 15) is 9.59 Å². The third-order valence-electron chi connectivity index (χ3n) is 6.97. The molecule has 3 heterocycles. The first-order chi connectivity index (χ1) is 19.5. The molecule has 0 unspecified atom stereocenters. The average Bonchev–Trinajstić information content (AvgIpc) is 3.65. The van der Waals surface area contributed by atoms with E-state index in [0.29, 0.717) is 34.5 Å². The van der Waals surface area contributed by atoms with Crippen LogP contribution >= 0.6 is 11.8 Å². The standard InChI is InChI=1S/C30H33N3O6S/c1-4-38-29(35)26-27(19-9-6-5-7-10-19)32-30-33(28(26)20-12-13-23(36-2)24(15-20)37-3)21(18-40-30)16-25(34)31-17-22-11-8-14-39-22/h5-7,9-10,12-13,15,18,22,28H,4,8,11,14,16-17H2,1-3H3,(H,31,34)/t22-,28+/m1/s1. The molecule has 2 atom stereocenters. The van der Waals surface area contributed by atoms with Gasteiger partial charge in [-0.25, -0.2) is 9.79 Å². The van der Waals surface area contributed by atoms with Crippen LogP contribution in [0.3, 0.4) is 0 Å². The van der Waals surface area contributed by atoms with Crippen molar-refractivity contribution in [2.75, 3.05) is 34.0 Å². The number of hydrogen-bond acceptors (Lipinski definition) is 9. The summed E-state index contributed by atoms with van der Waals surface area (Å²) in [7, 11) is 3.15. The Hall–Kier alpha value is -3.76. The first kappa shape index (κ1) is 27.8. The molecule has 0 aliphatic carbocycles. The van der Waals surface area contributed by atoms with Gasteiger partial charge in [0, 0.05) is 24.4 Å². The van der Waals surface area contributed by atoms with Gasteiger partial charge in [-0.3, -0.25) is 4.79 Å². The number of benzene rings is 2. The fraction of sp³-hybridized carbons (Fsp3) is 0.367. The maximum atomic E-state index is 13.7. The smallest absolute Gasteiger partial charge is 0.338 e. The first-order valence-electron chi connectivity index (χ1n) is 13.3. The Morgan fingerprint density at radius 1 is 1.12 bits per heavy atom. The van der Waals surface area contributed by atoms with E-state index in [1.165, 1.54) is 11.8 Å². The molecule has 0 bridgehead atoms. The molecule has 40 heavy (non-hydrogen) atoms. The summed E-state index contributed by atoms with van der Waals surface area (Å²) in [5.74, 6) is 0.509. The van der Waals surface area contributed by atoms with E-state index in [-0.39, 0.29) is 25.0 Å². The fourth-order valence-corrected chi connectivity index (χ4v) is 6.01. The monoisotopic (exact) mass is 563 g/mol. The Bertz CT molecular complexity index is 1350. The number of thioether (sulfide) groups is 1. The highest BCUT2D eigenvalue weighted by Gasteiger charge is 2.42. The van der Waals surface area contributed by atoms with E-state index in [4.69, 9.17) is 23.9 Å². The van der Waals surface area contributed by atoms with E-state index in [1.54, 1.807) is 21.1 Å². The second-order valence-corrected chi connectivity index (χ2v) is 10.3. The van der Waals surface area contributed by atoms with E-state index in [0.717, 1.165) is 36.3 Å². The number of nitrogens with zero attached hydrogens (tertiary/aromatic N) is 2. The highest BCUT2D eigenvalue weighted by Crippen LogP contribution is 2.48. The zero-order valence-corrected chi connectivity index (χ0v) is 23.7. The van der Waals surface area contributed by atoms with Crippen molar-refractivity contribution >= 4 is 34.5 Å². The largest absolute Gasteiger partial charge is 0.493 e. The minimum Gasteiger partial charge on any atom is -0.493 e. The predicted octanol–water partition coefficient (Wildman–Crippen LogP) is 4.66. The number of aliphatic imine (C=N–C) groups is 1. The van der Waals surface area contributed by atoms with Gasteiger partial charge in [-0.2, -0.15) is 0 Å². The summed E-state index contributed by atoms with van der Waals surface area (Å²) in [4.78, 5) is 33.6. The molecule has 0 saturated carbocycles. The van der Waals surface area contributed by atoms with Crippen molar-refractivity contribution in [3.63, 3.8) is 0 Å². The Balaban J connectivity index is 1.57. The van der Waals surface area contributed by atoms with Crippen LogP contribution in [0.4, 0.5) is 0 Å². The summed E-state index contributed by atoms with van der Waals surface area (Å²) in [6, 6.07) is 14.5. The lowest BCUT2D eigenvalue weighted by molar-refractivity contribution is -0.139. The third-order valence-corrected chi connectivity index (χ3v) is 7.86. The van der Waals surface area contributed by atoms with E-state index in [1.807, 2.05) is 58.8 Å².